The van der Waals surface area contributed by atoms with Crippen LogP contribution in [0.3, 0.4) is 0 Å². The van der Waals surface area contributed by atoms with Crippen LogP contribution >= 0.6 is 0 Å². The van der Waals surface area contributed by atoms with Gasteiger partial charge >= 0.3 is 6.09 Å². The van der Waals surface area contributed by atoms with E-state index in [2.05, 4.69) is 15.7 Å². The lowest BCUT2D eigenvalue weighted by molar-refractivity contribution is 0.0636. The first-order valence-electron chi connectivity index (χ1n) is 8.69. The van der Waals surface area contributed by atoms with Gasteiger partial charge in [-0.1, -0.05) is 6.07 Å². The number of rotatable bonds is 3. The molecule has 0 saturated carbocycles. The highest BCUT2D eigenvalue weighted by molar-refractivity contribution is 5.85. The van der Waals surface area contributed by atoms with Crippen LogP contribution in [0, 0.1) is 0 Å². The molecule has 1 aromatic heterocycles. The summed E-state index contributed by atoms with van der Waals surface area (Å²) in [5.41, 5.74) is 3.72. The predicted molar refractivity (Wildman–Crippen MR) is 98.8 cm³/mol. The lowest BCUT2D eigenvalue weighted by Crippen LogP contribution is -2.27. The minimum absolute atomic E-state index is 0.245. The van der Waals surface area contributed by atoms with E-state index in [0.29, 0.717) is 5.69 Å². The number of hydrogen-bond acceptors (Lipinski definition) is 4. The number of benzene rings is 1. The van der Waals surface area contributed by atoms with Gasteiger partial charge in [0.05, 0.1) is 12.2 Å². The molecular formula is C19H26N4O2. The second kappa shape index (κ2) is 6.78. The predicted octanol–water partition coefficient (Wildman–Crippen LogP) is 4.26. The maximum atomic E-state index is 11.9. The molecule has 1 amide bonds. The number of nitrogens with one attached hydrogen (secondary N) is 2. The Morgan fingerprint density at radius 1 is 1.32 bits per heavy atom. The van der Waals surface area contributed by atoms with E-state index in [9.17, 15) is 4.79 Å². The van der Waals surface area contributed by atoms with E-state index >= 15 is 0 Å². The Hall–Kier alpha value is -2.50. The number of aromatic nitrogens is 2. The van der Waals surface area contributed by atoms with Crippen molar-refractivity contribution in [3.05, 3.63) is 41.7 Å². The molecule has 6 nitrogen and oxygen atoms in total. The summed E-state index contributed by atoms with van der Waals surface area (Å²) in [5, 5.41) is 10.7. The second-order valence-corrected chi connectivity index (χ2v) is 7.47. The molecule has 2 aromatic rings. The number of fused-ring (bicyclic) bond motifs is 1. The number of anilines is 2. The molecule has 25 heavy (non-hydrogen) atoms. The molecule has 3 rings (SSSR count). The zero-order chi connectivity index (χ0) is 18.0. The molecule has 0 saturated heterocycles. The summed E-state index contributed by atoms with van der Waals surface area (Å²) in [4.78, 5) is 11.9. The van der Waals surface area contributed by atoms with Crippen LogP contribution in [-0.4, -0.2) is 21.5 Å². The van der Waals surface area contributed by atoms with Crippen LogP contribution in [-0.2, 0) is 18.2 Å². The summed E-state index contributed by atoms with van der Waals surface area (Å²) in [5.74, 6) is 0. The van der Waals surface area contributed by atoms with E-state index < -0.39 is 11.7 Å². The SMILES string of the molecule is Cn1ncc2c1CCCC2Nc1cccc(NC(=O)OC(C)(C)C)c1. The standard InChI is InChI=1S/C19H26N4O2/c1-19(2,3)25-18(24)22-14-8-5-7-13(11-14)21-16-9-6-10-17-15(16)12-20-23(17)4/h5,7-8,11-12,16,21H,6,9-10H2,1-4H3,(H,22,24). The largest absolute Gasteiger partial charge is 0.444 e. The average Bonchev–Trinajstić information content (AvgIpc) is 2.88. The molecule has 1 aliphatic carbocycles. The Balaban J connectivity index is 1.69. The van der Waals surface area contributed by atoms with Crippen molar-refractivity contribution in [3.63, 3.8) is 0 Å². The number of carbonyl (C=O) groups is 1. The Labute approximate surface area is 148 Å². The van der Waals surface area contributed by atoms with Crippen LogP contribution in [0.15, 0.2) is 30.5 Å². The molecule has 1 heterocycles. The molecule has 0 radical (unpaired) electrons. The van der Waals surface area contributed by atoms with Gasteiger partial charge in [-0.2, -0.15) is 5.10 Å². The number of carbonyl (C=O) groups excluding carboxylic acids is 1. The van der Waals surface area contributed by atoms with Crippen LogP contribution in [0.5, 0.6) is 0 Å². The van der Waals surface area contributed by atoms with Crippen molar-refractivity contribution in [1.29, 1.82) is 0 Å². The van der Waals surface area contributed by atoms with Crippen LogP contribution in [0.4, 0.5) is 16.2 Å². The smallest absolute Gasteiger partial charge is 0.412 e. The molecule has 1 atom stereocenters. The lowest BCUT2D eigenvalue weighted by atomic mass is 9.93. The third-order valence-electron chi connectivity index (χ3n) is 4.22. The zero-order valence-electron chi connectivity index (χ0n) is 15.3. The fourth-order valence-electron chi connectivity index (χ4n) is 3.17. The Morgan fingerprint density at radius 3 is 2.84 bits per heavy atom. The summed E-state index contributed by atoms with van der Waals surface area (Å²) in [6.45, 7) is 5.54. The monoisotopic (exact) mass is 342 g/mol. The Morgan fingerprint density at radius 2 is 2.08 bits per heavy atom. The lowest BCUT2D eigenvalue weighted by Gasteiger charge is -2.25. The van der Waals surface area contributed by atoms with Crippen molar-refractivity contribution in [3.8, 4) is 0 Å². The number of ether oxygens (including phenoxy) is 1. The van der Waals surface area contributed by atoms with E-state index in [0.717, 1.165) is 24.9 Å². The van der Waals surface area contributed by atoms with E-state index in [1.165, 1.54) is 11.3 Å². The van der Waals surface area contributed by atoms with Crippen molar-refractivity contribution in [2.75, 3.05) is 10.6 Å². The van der Waals surface area contributed by atoms with Crippen molar-refractivity contribution in [2.45, 2.75) is 51.7 Å². The topological polar surface area (TPSA) is 68.2 Å². The maximum absolute atomic E-state index is 11.9. The van der Waals surface area contributed by atoms with E-state index in [-0.39, 0.29) is 6.04 Å². The van der Waals surface area contributed by atoms with Crippen molar-refractivity contribution >= 4 is 17.5 Å². The fraction of sp³-hybridized carbons (Fsp3) is 0.474. The van der Waals surface area contributed by atoms with Gasteiger partial charge in [-0.3, -0.25) is 10.00 Å². The third kappa shape index (κ3) is 4.32. The number of aryl methyl sites for hydroxylation is 1. The molecule has 1 aromatic carbocycles. The molecule has 1 aliphatic rings. The summed E-state index contributed by atoms with van der Waals surface area (Å²) < 4.78 is 7.26. The highest BCUT2D eigenvalue weighted by Crippen LogP contribution is 2.32. The second-order valence-electron chi connectivity index (χ2n) is 7.47. The molecule has 0 bridgehead atoms. The normalized spacial score (nSPS) is 16.9. The quantitative estimate of drug-likeness (QED) is 0.875. The molecule has 0 spiro atoms. The number of nitrogens with zero attached hydrogens (tertiary/aromatic N) is 2. The molecule has 6 heteroatoms. The van der Waals surface area contributed by atoms with Gasteiger partial charge in [0, 0.05) is 29.7 Å². The van der Waals surface area contributed by atoms with Gasteiger partial charge in [-0.25, -0.2) is 4.79 Å². The molecule has 2 N–H and O–H groups in total. The van der Waals surface area contributed by atoms with Gasteiger partial charge in [0.1, 0.15) is 5.60 Å². The van der Waals surface area contributed by atoms with Crippen LogP contribution in [0.25, 0.3) is 0 Å². The maximum Gasteiger partial charge on any atom is 0.412 e. The van der Waals surface area contributed by atoms with Gasteiger partial charge in [-0.05, 0) is 58.2 Å². The third-order valence-corrected chi connectivity index (χ3v) is 4.22. The highest BCUT2D eigenvalue weighted by Gasteiger charge is 2.23. The molecule has 0 fully saturated rings. The van der Waals surface area contributed by atoms with Crippen molar-refractivity contribution in [2.24, 2.45) is 7.05 Å². The van der Waals surface area contributed by atoms with Gasteiger partial charge in [0.2, 0.25) is 0 Å². The Kier molecular flexibility index (Phi) is 4.70. The zero-order valence-corrected chi connectivity index (χ0v) is 15.3. The van der Waals surface area contributed by atoms with Crippen molar-refractivity contribution < 1.29 is 9.53 Å². The van der Waals surface area contributed by atoms with E-state index in [1.54, 1.807) is 0 Å². The summed E-state index contributed by atoms with van der Waals surface area (Å²) in [6.07, 6.45) is 4.79. The van der Waals surface area contributed by atoms with Crippen LogP contribution in [0.2, 0.25) is 0 Å². The molecule has 1 unspecified atom stereocenters. The van der Waals surface area contributed by atoms with Gasteiger partial charge < -0.3 is 10.1 Å². The Bertz CT molecular complexity index is 761. The van der Waals surface area contributed by atoms with Gasteiger partial charge in [0.25, 0.3) is 0 Å². The van der Waals surface area contributed by atoms with Crippen molar-refractivity contribution in [1.82, 2.24) is 9.78 Å². The minimum atomic E-state index is -0.515. The van der Waals surface area contributed by atoms with Crippen LogP contribution < -0.4 is 10.6 Å². The number of amides is 1. The fourth-order valence-corrected chi connectivity index (χ4v) is 3.17. The molecular weight excluding hydrogens is 316 g/mol. The average molecular weight is 342 g/mol. The first-order valence-corrected chi connectivity index (χ1v) is 8.69. The van der Waals surface area contributed by atoms with Gasteiger partial charge in [0.15, 0.2) is 0 Å². The highest BCUT2D eigenvalue weighted by atomic mass is 16.6. The van der Waals surface area contributed by atoms with Crippen LogP contribution in [0.1, 0.15) is 50.9 Å². The molecule has 0 aliphatic heterocycles. The van der Waals surface area contributed by atoms with E-state index in [4.69, 9.17) is 4.74 Å². The van der Waals surface area contributed by atoms with Gasteiger partial charge in [-0.15, -0.1) is 0 Å². The summed E-state index contributed by atoms with van der Waals surface area (Å²) in [6, 6.07) is 7.95. The summed E-state index contributed by atoms with van der Waals surface area (Å²) in [7, 11) is 1.99. The number of hydrogen-bond donors (Lipinski definition) is 2. The molecule has 134 valence electrons. The minimum Gasteiger partial charge on any atom is -0.444 e. The van der Waals surface area contributed by atoms with E-state index in [1.807, 2.05) is 63.0 Å². The first kappa shape index (κ1) is 17.3. The summed E-state index contributed by atoms with van der Waals surface area (Å²) >= 11 is 0. The first-order chi connectivity index (χ1) is 11.8.